The van der Waals surface area contributed by atoms with Gasteiger partial charge in [0.25, 0.3) is 0 Å². The second kappa shape index (κ2) is 5.96. The van der Waals surface area contributed by atoms with E-state index in [1.807, 2.05) is 20.8 Å². The Kier molecular flexibility index (Phi) is 5.69. The molecular weight excluding hydrogens is 196 g/mol. The van der Waals surface area contributed by atoms with Crippen LogP contribution in [0.15, 0.2) is 0 Å². The van der Waals surface area contributed by atoms with Gasteiger partial charge in [-0.3, -0.25) is 4.79 Å². The van der Waals surface area contributed by atoms with Gasteiger partial charge in [0.05, 0.1) is 4.99 Å². The van der Waals surface area contributed by atoms with Crippen LogP contribution in [0.4, 0.5) is 0 Å². The maximum atomic E-state index is 11.7. The van der Waals surface area contributed by atoms with Gasteiger partial charge < -0.3 is 10.6 Å². The van der Waals surface area contributed by atoms with E-state index in [1.165, 1.54) is 0 Å². The van der Waals surface area contributed by atoms with Crippen molar-refractivity contribution in [1.29, 1.82) is 0 Å². The van der Waals surface area contributed by atoms with Crippen LogP contribution in [0.5, 0.6) is 0 Å². The number of nitrogens with zero attached hydrogens (tertiary/aromatic N) is 1. The molecule has 0 aromatic carbocycles. The smallest absolute Gasteiger partial charge is 0.225 e. The molecule has 0 fully saturated rings. The van der Waals surface area contributed by atoms with E-state index in [-0.39, 0.29) is 11.8 Å². The SMILES string of the molecule is CC(C)C(C)C(=O)N(C)CCC(N)=S. The highest BCUT2D eigenvalue weighted by atomic mass is 32.1. The number of rotatable bonds is 5. The maximum Gasteiger partial charge on any atom is 0.225 e. The highest BCUT2D eigenvalue weighted by molar-refractivity contribution is 7.80. The normalized spacial score (nSPS) is 12.6. The number of hydrogen-bond donors (Lipinski definition) is 1. The summed E-state index contributed by atoms with van der Waals surface area (Å²) in [6, 6.07) is 0. The minimum absolute atomic E-state index is 0.0614. The third-order valence-corrected chi connectivity index (χ3v) is 2.66. The zero-order chi connectivity index (χ0) is 11.3. The molecule has 0 bridgehead atoms. The molecule has 0 saturated carbocycles. The second-order valence-electron chi connectivity index (χ2n) is 4.01. The van der Waals surface area contributed by atoms with Crippen LogP contribution in [-0.2, 0) is 4.79 Å². The summed E-state index contributed by atoms with van der Waals surface area (Å²) in [6.07, 6.45) is 0.600. The topological polar surface area (TPSA) is 46.3 Å². The van der Waals surface area contributed by atoms with Gasteiger partial charge in [0.2, 0.25) is 5.91 Å². The molecule has 0 aliphatic heterocycles. The van der Waals surface area contributed by atoms with E-state index in [1.54, 1.807) is 11.9 Å². The molecule has 0 aliphatic carbocycles. The summed E-state index contributed by atoms with van der Waals surface area (Å²) in [5.74, 6) is 0.595. The van der Waals surface area contributed by atoms with Gasteiger partial charge in [0, 0.05) is 25.9 Å². The van der Waals surface area contributed by atoms with Gasteiger partial charge in [0.1, 0.15) is 0 Å². The molecule has 0 aromatic heterocycles. The zero-order valence-electron chi connectivity index (χ0n) is 9.41. The van der Waals surface area contributed by atoms with Crippen molar-refractivity contribution in [2.45, 2.75) is 27.2 Å². The van der Waals surface area contributed by atoms with Crippen molar-refractivity contribution >= 4 is 23.1 Å². The first kappa shape index (κ1) is 13.4. The van der Waals surface area contributed by atoms with Crippen molar-refractivity contribution in [3.8, 4) is 0 Å². The Morgan fingerprint density at radius 3 is 2.29 bits per heavy atom. The molecule has 0 aromatic rings. The molecule has 3 nitrogen and oxygen atoms in total. The Labute approximate surface area is 91.6 Å². The monoisotopic (exact) mass is 216 g/mol. The Hall–Kier alpha value is -0.640. The van der Waals surface area contributed by atoms with Crippen molar-refractivity contribution in [2.75, 3.05) is 13.6 Å². The first-order chi connectivity index (χ1) is 6.36. The second-order valence-corrected chi connectivity index (χ2v) is 4.53. The number of carbonyl (C=O) groups excluding carboxylic acids is 1. The molecule has 1 unspecified atom stereocenters. The molecule has 14 heavy (non-hydrogen) atoms. The van der Waals surface area contributed by atoms with Crippen molar-refractivity contribution in [1.82, 2.24) is 4.90 Å². The van der Waals surface area contributed by atoms with E-state index in [0.717, 1.165) is 0 Å². The van der Waals surface area contributed by atoms with Gasteiger partial charge in [-0.2, -0.15) is 0 Å². The van der Waals surface area contributed by atoms with Crippen molar-refractivity contribution in [3.05, 3.63) is 0 Å². The van der Waals surface area contributed by atoms with Gasteiger partial charge >= 0.3 is 0 Å². The van der Waals surface area contributed by atoms with Crippen LogP contribution in [0, 0.1) is 11.8 Å². The van der Waals surface area contributed by atoms with Gasteiger partial charge in [-0.15, -0.1) is 0 Å². The largest absolute Gasteiger partial charge is 0.393 e. The average molecular weight is 216 g/mol. The van der Waals surface area contributed by atoms with Crippen LogP contribution in [0.3, 0.4) is 0 Å². The predicted molar refractivity (Wildman–Crippen MR) is 63.0 cm³/mol. The lowest BCUT2D eigenvalue weighted by molar-refractivity contribution is -0.134. The van der Waals surface area contributed by atoms with E-state index in [0.29, 0.717) is 23.9 Å². The van der Waals surface area contributed by atoms with Gasteiger partial charge in [0.15, 0.2) is 0 Å². The molecule has 1 atom stereocenters. The molecule has 2 N–H and O–H groups in total. The van der Waals surface area contributed by atoms with Crippen molar-refractivity contribution < 1.29 is 4.79 Å². The van der Waals surface area contributed by atoms with Crippen LogP contribution in [0.1, 0.15) is 27.2 Å². The fourth-order valence-electron chi connectivity index (χ4n) is 1.02. The maximum absolute atomic E-state index is 11.7. The molecular formula is C10H20N2OS. The van der Waals surface area contributed by atoms with Crippen LogP contribution in [0.25, 0.3) is 0 Å². The van der Waals surface area contributed by atoms with Crippen LogP contribution in [-0.4, -0.2) is 29.4 Å². The lowest BCUT2D eigenvalue weighted by Crippen LogP contribution is -2.35. The summed E-state index contributed by atoms with van der Waals surface area (Å²) >= 11 is 4.76. The Balaban J connectivity index is 4.05. The van der Waals surface area contributed by atoms with Crippen molar-refractivity contribution in [3.63, 3.8) is 0 Å². The molecule has 0 spiro atoms. The Morgan fingerprint density at radius 1 is 1.43 bits per heavy atom. The van der Waals surface area contributed by atoms with Gasteiger partial charge in [-0.05, 0) is 5.92 Å². The molecule has 0 aliphatic rings. The minimum Gasteiger partial charge on any atom is -0.393 e. The standard InChI is InChI=1S/C10H20N2OS/c1-7(2)8(3)10(13)12(4)6-5-9(11)14/h7-8H,5-6H2,1-4H3,(H2,11,14). The quantitative estimate of drug-likeness (QED) is 0.707. The summed E-state index contributed by atoms with van der Waals surface area (Å²) in [5.41, 5.74) is 5.37. The molecule has 0 radical (unpaired) electrons. The average Bonchev–Trinajstić information content (AvgIpc) is 2.11. The Bertz CT molecular complexity index is 216. The summed E-state index contributed by atoms with van der Waals surface area (Å²) in [5, 5.41) is 0. The summed E-state index contributed by atoms with van der Waals surface area (Å²) < 4.78 is 0. The molecule has 0 saturated heterocycles. The number of carbonyl (C=O) groups is 1. The lowest BCUT2D eigenvalue weighted by atomic mass is 9.97. The van der Waals surface area contributed by atoms with E-state index < -0.39 is 0 Å². The number of nitrogens with two attached hydrogens (primary N) is 1. The zero-order valence-corrected chi connectivity index (χ0v) is 10.2. The third kappa shape index (κ3) is 4.56. The van der Waals surface area contributed by atoms with E-state index >= 15 is 0 Å². The highest BCUT2D eigenvalue weighted by Crippen LogP contribution is 2.12. The highest BCUT2D eigenvalue weighted by Gasteiger charge is 2.19. The number of amides is 1. The lowest BCUT2D eigenvalue weighted by Gasteiger charge is -2.23. The van der Waals surface area contributed by atoms with Gasteiger partial charge in [-0.25, -0.2) is 0 Å². The van der Waals surface area contributed by atoms with Crippen molar-refractivity contribution in [2.24, 2.45) is 17.6 Å². The molecule has 0 heterocycles. The summed E-state index contributed by atoms with van der Waals surface area (Å²) in [6.45, 7) is 6.66. The molecule has 0 rings (SSSR count). The van der Waals surface area contributed by atoms with Gasteiger partial charge in [-0.1, -0.05) is 33.0 Å². The van der Waals surface area contributed by atoms with Crippen LogP contribution < -0.4 is 5.73 Å². The Morgan fingerprint density at radius 2 is 1.93 bits per heavy atom. The first-order valence-corrected chi connectivity index (χ1v) is 5.30. The van der Waals surface area contributed by atoms with Crippen LogP contribution in [0.2, 0.25) is 0 Å². The fraction of sp³-hybridized carbons (Fsp3) is 0.800. The summed E-state index contributed by atoms with van der Waals surface area (Å²) in [7, 11) is 1.79. The van der Waals surface area contributed by atoms with Crippen LogP contribution >= 0.6 is 12.2 Å². The molecule has 4 heteroatoms. The number of hydrogen-bond acceptors (Lipinski definition) is 2. The number of thiocarbonyl (C=S) groups is 1. The molecule has 82 valence electrons. The fourth-order valence-corrected chi connectivity index (χ4v) is 1.11. The summed E-state index contributed by atoms with van der Waals surface area (Å²) in [4.78, 5) is 13.9. The van der Waals surface area contributed by atoms with E-state index in [9.17, 15) is 4.79 Å². The first-order valence-electron chi connectivity index (χ1n) is 4.89. The molecule has 1 amide bonds. The minimum atomic E-state index is 0.0614. The third-order valence-electron chi connectivity index (χ3n) is 2.46. The predicted octanol–water partition coefficient (Wildman–Crippen LogP) is 1.41. The van der Waals surface area contributed by atoms with E-state index in [4.69, 9.17) is 18.0 Å². The van der Waals surface area contributed by atoms with E-state index in [2.05, 4.69) is 0 Å².